The third-order valence-corrected chi connectivity index (χ3v) is 6.21. The lowest BCUT2D eigenvalue weighted by atomic mass is 9.88. The molecule has 0 spiro atoms. The summed E-state index contributed by atoms with van der Waals surface area (Å²) in [6.45, 7) is 5.35. The molecule has 2 aromatic carbocycles. The molecule has 0 atom stereocenters. The number of amides is 1. The number of nitrogens with one attached hydrogen (secondary N) is 1. The summed E-state index contributed by atoms with van der Waals surface area (Å²) in [5.74, 6) is -0.983. The second-order valence-electron chi connectivity index (χ2n) is 8.42. The fraction of sp³-hybridized carbons (Fsp3) is 0.333. The zero-order chi connectivity index (χ0) is 23.5. The van der Waals surface area contributed by atoms with E-state index in [4.69, 9.17) is 5.11 Å². The van der Waals surface area contributed by atoms with Crippen molar-refractivity contribution in [2.45, 2.75) is 32.6 Å². The van der Waals surface area contributed by atoms with Crippen molar-refractivity contribution >= 4 is 35.4 Å². The minimum absolute atomic E-state index is 0.00000922. The Hall–Kier alpha value is -3.72. The van der Waals surface area contributed by atoms with Gasteiger partial charge in [0.05, 0.1) is 17.9 Å². The van der Waals surface area contributed by atoms with Crippen molar-refractivity contribution in [2.24, 2.45) is 10.1 Å². The molecule has 0 saturated carbocycles. The van der Waals surface area contributed by atoms with E-state index < -0.39 is 5.97 Å². The Balaban J connectivity index is 1.44. The van der Waals surface area contributed by atoms with Gasteiger partial charge in [-0.25, -0.2) is 4.99 Å². The monoisotopic (exact) mass is 449 g/mol. The summed E-state index contributed by atoms with van der Waals surface area (Å²) in [5, 5.41) is 23.9. The summed E-state index contributed by atoms with van der Waals surface area (Å²) < 4.78 is 0. The highest BCUT2D eigenvalue weighted by Crippen LogP contribution is 2.38. The molecule has 4 rings (SSSR count). The summed E-state index contributed by atoms with van der Waals surface area (Å²) in [4.78, 5) is 31.1. The molecule has 0 aliphatic carbocycles. The molecule has 172 valence electrons. The molecule has 33 heavy (non-hydrogen) atoms. The van der Waals surface area contributed by atoms with Crippen LogP contribution in [0.5, 0.6) is 5.75 Å². The van der Waals surface area contributed by atoms with E-state index >= 15 is 0 Å². The van der Waals surface area contributed by atoms with Crippen molar-refractivity contribution in [1.29, 1.82) is 0 Å². The Morgan fingerprint density at radius 1 is 1.18 bits per heavy atom. The number of aryl methyl sites for hydroxylation is 2. The number of phenolic OH excluding ortho intramolecular Hbond substituents is 1. The summed E-state index contributed by atoms with van der Waals surface area (Å²) in [7, 11) is 0. The highest BCUT2D eigenvalue weighted by Gasteiger charge is 2.27. The zero-order valence-corrected chi connectivity index (χ0v) is 18.7. The summed E-state index contributed by atoms with van der Waals surface area (Å²) in [6, 6.07) is 11.1. The maximum atomic E-state index is 12.8. The van der Waals surface area contributed by atoms with Gasteiger partial charge in [0.25, 0.3) is 0 Å². The predicted octanol–water partition coefficient (Wildman–Crippen LogP) is 3.07. The SMILES string of the molecule is Cc1ccc(N2C=N/C(=N/Nc3cccc(C4CCN(CC(=O)O)CC4)c3O)C2=O)cc1C. The first kappa shape index (κ1) is 22.5. The zero-order valence-electron chi connectivity index (χ0n) is 18.7. The molecule has 2 aromatic rings. The van der Waals surface area contributed by atoms with Crippen molar-refractivity contribution in [3.05, 3.63) is 53.1 Å². The van der Waals surface area contributed by atoms with Crippen molar-refractivity contribution in [2.75, 3.05) is 30.0 Å². The molecule has 9 heteroatoms. The van der Waals surface area contributed by atoms with Crippen LogP contribution in [0, 0.1) is 13.8 Å². The lowest BCUT2D eigenvalue weighted by Crippen LogP contribution is -2.36. The summed E-state index contributed by atoms with van der Waals surface area (Å²) >= 11 is 0. The number of nitrogens with zero attached hydrogens (tertiary/aromatic N) is 4. The van der Waals surface area contributed by atoms with E-state index in [1.807, 2.05) is 49.1 Å². The van der Waals surface area contributed by atoms with Crippen molar-refractivity contribution < 1.29 is 19.8 Å². The Bertz CT molecular complexity index is 1140. The number of carboxylic acids is 1. The highest BCUT2D eigenvalue weighted by molar-refractivity contribution is 6.51. The quantitative estimate of drug-likeness (QED) is 0.461. The van der Waals surface area contributed by atoms with E-state index in [1.54, 1.807) is 6.07 Å². The van der Waals surface area contributed by atoms with Gasteiger partial charge in [-0.05, 0) is 80.6 Å². The van der Waals surface area contributed by atoms with Crippen LogP contribution < -0.4 is 10.3 Å². The fourth-order valence-corrected chi connectivity index (χ4v) is 4.15. The Labute approximate surface area is 192 Å². The summed E-state index contributed by atoms with van der Waals surface area (Å²) in [5.41, 5.74) is 6.89. The molecule has 9 nitrogen and oxygen atoms in total. The first-order valence-corrected chi connectivity index (χ1v) is 10.9. The van der Waals surface area contributed by atoms with Gasteiger partial charge < -0.3 is 10.2 Å². The van der Waals surface area contributed by atoms with Crippen LogP contribution in [-0.4, -0.2) is 58.8 Å². The van der Waals surface area contributed by atoms with Gasteiger partial charge in [0, 0.05) is 0 Å². The Kier molecular flexibility index (Phi) is 6.41. The molecule has 3 N–H and O–H groups in total. The van der Waals surface area contributed by atoms with Crippen LogP contribution in [0.3, 0.4) is 0 Å². The normalized spacial score (nSPS) is 18.3. The second kappa shape index (κ2) is 9.41. The van der Waals surface area contributed by atoms with Crippen LogP contribution in [0.15, 0.2) is 46.5 Å². The number of benzene rings is 2. The molecule has 1 fully saturated rings. The largest absolute Gasteiger partial charge is 0.505 e. The topological polar surface area (TPSA) is 118 Å². The number of para-hydroxylation sites is 1. The Morgan fingerprint density at radius 2 is 1.94 bits per heavy atom. The molecular formula is C24H27N5O4. The van der Waals surface area contributed by atoms with Gasteiger partial charge >= 0.3 is 11.9 Å². The first-order chi connectivity index (χ1) is 15.8. The van der Waals surface area contributed by atoms with E-state index in [0.717, 1.165) is 35.2 Å². The van der Waals surface area contributed by atoms with E-state index in [9.17, 15) is 14.7 Å². The van der Waals surface area contributed by atoms with Crippen LogP contribution in [0.1, 0.15) is 35.4 Å². The van der Waals surface area contributed by atoms with Gasteiger partial charge in [-0.2, -0.15) is 0 Å². The third-order valence-electron chi connectivity index (χ3n) is 6.21. The third kappa shape index (κ3) is 4.88. The number of hydrogen-bond donors (Lipinski definition) is 3. The number of aliphatic imine (C=N–C) groups is 1. The molecule has 0 aromatic heterocycles. The van der Waals surface area contributed by atoms with E-state index in [-0.39, 0.29) is 30.0 Å². The Morgan fingerprint density at radius 3 is 2.64 bits per heavy atom. The average Bonchev–Trinajstić information content (AvgIpc) is 3.15. The first-order valence-electron chi connectivity index (χ1n) is 10.9. The maximum Gasteiger partial charge on any atom is 0.317 e. The molecule has 1 saturated heterocycles. The maximum absolute atomic E-state index is 12.8. The van der Waals surface area contributed by atoms with Crippen LogP contribution in [-0.2, 0) is 9.59 Å². The molecule has 1 amide bonds. The molecular weight excluding hydrogens is 422 g/mol. The van der Waals surface area contributed by atoms with Gasteiger partial charge in [0.15, 0.2) is 0 Å². The van der Waals surface area contributed by atoms with E-state index in [2.05, 4.69) is 15.5 Å². The minimum Gasteiger partial charge on any atom is -0.505 e. The number of hydrazone groups is 1. The average molecular weight is 450 g/mol. The summed E-state index contributed by atoms with van der Waals surface area (Å²) in [6.07, 6.45) is 2.95. The number of hydrogen-bond acceptors (Lipinski definition) is 6. The van der Waals surface area contributed by atoms with Gasteiger partial charge in [0.1, 0.15) is 12.1 Å². The van der Waals surface area contributed by atoms with Crippen molar-refractivity contribution in [3.63, 3.8) is 0 Å². The molecule has 0 radical (unpaired) electrons. The number of carbonyl (C=O) groups is 2. The second-order valence-corrected chi connectivity index (χ2v) is 8.42. The fourth-order valence-electron chi connectivity index (χ4n) is 4.15. The van der Waals surface area contributed by atoms with Crippen molar-refractivity contribution in [3.8, 4) is 5.75 Å². The van der Waals surface area contributed by atoms with Crippen LogP contribution >= 0.6 is 0 Å². The molecule has 2 heterocycles. The van der Waals surface area contributed by atoms with Gasteiger partial charge in [-0.15, -0.1) is 5.10 Å². The van der Waals surface area contributed by atoms with Gasteiger partial charge in [-0.3, -0.25) is 24.8 Å². The molecule has 0 unspecified atom stereocenters. The number of amidine groups is 1. The number of phenols is 1. The highest BCUT2D eigenvalue weighted by atomic mass is 16.4. The number of aromatic hydroxyl groups is 1. The number of anilines is 2. The molecule has 2 aliphatic heterocycles. The van der Waals surface area contributed by atoms with E-state index in [0.29, 0.717) is 18.8 Å². The number of carbonyl (C=O) groups excluding carboxylic acids is 1. The minimum atomic E-state index is -0.832. The number of rotatable bonds is 6. The smallest absolute Gasteiger partial charge is 0.317 e. The van der Waals surface area contributed by atoms with Crippen LogP contribution in [0.25, 0.3) is 0 Å². The molecule has 0 bridgehead atoms. The lowest BCUT2D eigenvalue weighted by Gasteiger charge is -2.31. The lowest BCUT2D eigenvalue weighted by molar-refractivity contribution is -0.138. The van der Waals surface area contributed by atoms with Gasteiger partial charge in [0.2, 0.25) is 5.84 Å². The standard InChI is InChI=1S/C24H27N5O4/c1-15-6-7-18(12-16(15)2)29-14-25-23(24(29)33)27-26-20-5-3-4-19(22(20)32)17-8-10-28(11-9-17)13-21(30)31/h3-7,12,14,17,26,32H,8-11,13H2,1-2H3,(H,30,31)/b27-23+. The van der Waals surface area contributed by atoms with Crippen molar-refractivity contribution in [1.82, 2.24) is 4.90 Å². The predicted molar refractivity (Wildman–Crippen MR) is 127 cm³/mol. The van der Waals surface area contributed by atoms with Crippen LogP contribution in [0.2, 0.25) is 0 Å². The van der Waals surface area contributed by atoms with Gasteiger partial charge in [-0.1, -0.05) is 18.2 Å². The molecule has 2 aliphatic rings. The van der Waals surface area contributed by atoms with Crippen LogP contribution in [0.4, 0.5) is 11.4 Å². The number of likely N-dealkylation sites (tertiary alicyclic amines) is 1. The number of aliphatic carboxylic acids is 1. The number of piperidine rings is 1. The van der Waals surface area contributed by atoms with E-state index in [1.165, 1.54) is 11.2 Å². The number of carboxylic acid groups (broad SMARTS) is 1.